The Hall–Kier alpha value is -2.63. The van der Waals surface area contributed by atoms with E-state index in [2.05, 4.69) is 92.1 Å². The minimum atomic E-state index is -1.58. The summed E-state index contributed by atoms with van der Waals surface area (Å²) in [5.41, 5.74) is 0. The second-order valence-corrected chi connectivity index (χ2v) is 14.7. The highest BCUT2D eigenvalue weighted by Gasteiger charge is 2.44. The highest BCUT2D eigenvalue weighted by Crippen LogP contribution is 2.22. The van der Waals surface area contributed by atoms with Gasteiger partial charge in [0.05, 0.1) is 25.4 Å². The molecule has 56 heavy (non-hydrogen) atoms. The normalized spacial score (nSPS) is 22.0. The lowest BCUT2D eigenvalue weighted by atomic mass is 9.99. The molecule has 0 aromatic heterocycles. The van der Waals surface area contributed by atoms with Crippen LogP contribution in [0.15, 0.2) is 85.1 Å². The fourth-order valence-electron chi connectivity index (χ4n) is 6.24. The molecule has 1 rings (SSSR count). The lowest BCUT2D eigenvalue weighted by Crippen LogP contribution is -2.60. The van der Waals surface area contributed by atoms with Crippen LogP contribution < -0.4 is 5.32 Å². The number of hydrogen-bond acceptors (Lipinski definition) is 8. The Labute approximate surface area is 340 Å². The van der Waals surface area contributed by atoms with E-state index in [4.69, 9.17) is 9.47 Å². The second kappa shape index (κ2) is 36.7. The summed E-state index contributed by atoms with van der Waals surface area (Å²) in [6.07, 6.45) is 43.5. The van der Waals surface area contributed by atoms with Crippen LogP contribution in [0.3, 0.4) is 0 Å². The summed E-state index contributed by atoms with van der Waals surface area (Å²) < 4.78 is 11.1. The molecule has 0 saturated carbocycles. The Kier molecular flexibility index (Phi) is 33.7. The third kappa shape index (κ3) is 27.1. The summed E-state index contributed by atoms with van der Waals surface area (Å²) in [5, 5.41) is 54.0. The van der Waals surface area contributed by atoms with Gasteiger partial charge in [0.1, 0.15) is 24.4 Å². The maximum Gasteiger partial charge on any atom is 0.220 e. The molecule has 1 heterocycles. The van der Waals surface area contributed by atoms with Crippen LogP contribution in [0, 0.1) is 0 Å². The number of aliphatic hydroxyl groups is 5. The molecular weight excluding hydrogens is 707 g/mol. The first-order valence-corrected chi connectivity index (χ1v) is 21.8. The lowest BCUT2D eigenvalue weighted by Gasteiger charge is -2.40. The number of nitrogens with one attached hydrogen (secondary N) is 1. The SMILES string of the molecule is CC/C=C\C/C=C\C/C=C\C/C=C\CCCCCCCCCCCCC(=O)NC(COC1OC(CO)C(O)C(O)C1O)C(O)/C=C/CC/C=C/CC/C=C/CC. The van der Waals surface area contributed by atoms with E-state index in [1.807, 2.05) is 6.08 Å². The number of aliphatic hydroxyl groups excluding tert-OH is 5. The smallest absolute Gasteiger partial charge is 0.220 e. The Morgan fingerprint density at radius 2 is 1.07 bits per heavy atom. The van der Waals surface area contributed by atoms with Crippen LogP contribution in [0.25, 0.3) is 0 Å². The van der Waals surface area contributed by atoms with Crippen LogP contribution in [-0.2, 0) is 14.3 Å². The van der Waals surface area contributed by atoms with E-state index < -0.39 is 49.5 Å². The van der Waals surface area contributed by atoms with Crippen LogP contribution in [0.1, 0.15) is 149 Å². The minimum Gasteiger partial charge on any atom is -0.394 e. The van der Waals surface area contributed by atoms with Gasteiger partial charge in [0, 0.05) is 6.42 Å². The minimum absolute atomic E-state index is 0.204. The van der Waals surface area contributed by atoms with Gasteiger partial charge in [-0.1, -0.05) is 150 Å². The number of rotatable bonds is 34. The number of hydrogen-bond donors (Lipinski definition) is 6. The third-order valence-electron chi connectivity index (χ3n) is 9.69. The molecule has 0 aromatic carbocycles. The van der Waals surface area contributed by atoms with Crippen molar-refractivity contribution in [3.05, 3.63) is 85.1 Å². The van der Waals surface area contributed by atoms with Gasteiger partial charge in [-0.3, -0.25) is 4.79 Å². The monoisotopic (exact) mass is 786 g/mol. The molecule has 0 bridgehead atoms. The van der Waals surface area contributed by atoms with Crippen molar-refractivity contribution in [2.45, 2.75) is 192 Å². The summed E-state index contributed by atoms with van der Waals surface area (Å²) in [6.45, 7) is 3.48. The molecule has 320 valence electrons. The fourth-order valence-corrected chi connectivity index (χ4v) is 6.24. The molecular formula is C47H79NO8. The number of amides is 1. The van der Waals surface area contributed by atoms with E-state index in [-0.39, 0.29) is 12.5 Å². The van der Waals surface area contributed by atoms with Crippen LogP contribution in [-0.4, -0.2) is 87.5 Å². The van der Waals surface area contributed by atoms with E-state index >= 15 is 0 Å². The summed E-state index contributed by atoms with van der Waals surface area (Å²) in [4.78, 5) is 12.9. The summed E-state index contributed by atoms with van der Waals surface area (Å²) in [5.74, 6) is -0.204. The molecule has 7 atom stereocenters. The molecule has 1 fully saturated rings. The summed E-state index contributed by atoms with van der Waals surface area (Å²) >= 11 is 0. The first-order valence-electron chi connectivity index (χ1n) is 21.8. The Morgan fingerprint density at radius 1 is 0.607 bits per heavy atom. The van der Waals surface area contributed by atoms with Crippen molar-refractivity contribution in [1.82, 2.24) is 5.32 Å². The van der Waals surface area contributed by atoms with Gasteiger partial charge in [-0.15, -0.1) is 0 Å². The zero-order chi connectivity index (χ0) is 40.9. The van der Waals surface area contributed by atoms with E-state index in [1.165, 1.54) is 38.5 Å². The molecule has 1 aliphatic rings. The quantitative estimate of drug-likeness (QED) is 0.0280. The van der Waals surface area contributed by atoms with Crippen molar-refractivity contribution >= 4 is 5.91 Å². The molecule has 1 amide bonds. The van der Waals surface area contributed by atoms with Crippen molar-refractivity contribution in [3.63, 3.8) is 0 Å². The van der Waals surface area contributed by atoms with Crippen LogP contribution in [0.2, 0.25) is 0 Å². The molecule has 9 nitrogen and oxygen atoms in total. The average molecular weight is 786 g/mol. The van der Waals surface area contributed by atoms with E-state index in [0.717, 1.165) is 89.9 Å². The topological polar surface area (TPSA) is 149 Å². The van der Waals surface area contributed by atoms with Gasteiger partial charge in [0.2, 0.25) is 5.91 Å². The third-order valence-corrected chi connectivity index (χ3v) is 9.69. The number of carbonyl (C=O) groups excluding carboxylic acids is 1. The summed E-state index contributed by atoms with van der Waals surface area (Å²) in [6, 6.07) is -0.832. The van der Waals surface area contributed by atoms with Gasteiger partial charge in [-0.25, -0.2) is 0 Å². The molecule has 0 aromatic rings. The summed E-state index contributed by atoms with van der Waals surface area (Å²) in [7, 11) is 0. The molecule has 1 aliphatic heterocycles. The standard InChI is InChI=1S/C47H79NO8/c1-3-5-7-9-11-13-15-16-17-18-19-20-21-22-23-24-25-26-27-29-31-33-35-37-43(51)48-40(39-55-47-46(54)45(53)44(52)42(38-49)56-47)41(50)36-34-32-30-28-14-12-10-8-6-4-2/h5-8,11,13-14,16-17,19-20,28,34,36,40-42,44-47,49-50,52-54H,3-4,9-10,12,15,18,21-27,29-33,35,37-39H2,1-2H3,(H,48,51)/b7-5-,8-6+,13-11-,17-16-,20-19-,28-14+,36-34+. The van der Waals surface area contributed by atoms with Gasteiger partial charge in [-0.05, 0) is 77.0 Å². The number of ether oxygens (including phenoxy) is 2. The van der Waals surface area contributed by atoms with Gasteiger partial charge < -0.3 is 40.3 Å². The highest BCUT2D eigenvalue weighted by molar-refractivity contribution is 5.76. The van der Waals surface area contributed by atoms with Crippen molar-refractivity contribution in [2.75, 3.05) is 13.2 Å². The number of carbonyl (C=O) groups is 1. The molecule has 0 radical (unpaired) electrons. The first-order chi connectivity index (χ1) is 27.3. The van der Waals surface area contributed by atoms with E-state index in [0.29, 0.717) is 6.42 Å². The largest absolute Gasteiger partial charge is 0.394 e. The number of unbranched alkanes of at least 4 members (excludes halogenated alkanes) is 12. The molecule has 7 unspecified atom stereocenters. The average Bonchev–Trinajstić information content (AvgIpc) is 3.20. The molecule has 9 heteroatoms. The van der Waals surface area contributed by atoms with E-state index in [9.17, 15) is 30.3 Å². The van der Waals surface area contributed by atoms with Gasteiger partial charge in [0.15, 0.2) is 6.29 Å². The highest BCUT2D eigenvalue weighted by atomic mass is 16.7. The predicted octanol–water partition coefficient (Wildman–Crippen LogP) is 8.77. The van der Waals surface area contributed by atoms with Crippen LogP contribution in [0.4, 0.5) is 0 Å². The zero-order valence-electron chi connectivity index (χ0n) is 34.8. The first kappa shape index (κ1) is 51.4. The van der Waals surface area contributed by atoms with Gasteiger partial charge >= 0.3 is 0 Å². The lowest BCUT2D eigenvalue weighted by molar-refractivity contribution is -0.302. The second-order valence-electron chi connectivity index (χ2n) is 14.7. The predicted molar refractivity (Wildman–Crippen MR) is 230 cm³/mol. The Morgan fingerprint density at radius 3 is 1.64 bits per heavy atom. The van der Waals surface area contributed by atoms with Gasteiger partial charge in [0.25, 0.3) is 0 Å². The van der Waals surface area contributed by atoms with Crippen LogP contribution >= 0.6 is 0 Å². The molecule has 0 spiro atoms. The van der Waals surface area contributed by atoms with Crippen molar-refractivity contribution < 1.29 is 39.8 Å². The fraction of sp³-hybridized carbons (Fsp3) is 0.681. The molecule has 6 N–H and O–H groups in total. The van der Waals surface area contributed by atoms with Crippen LogP contribution in [0.5, 0.6) is 0 Å². The van der Waals surface area contributed by atoms with Gasteiger partial charge in [-0.2, -0.15) is 0 Å². The van der Waals surface area contributed by atoms with Crippen molar-refractivity contribution in [2.24, 2.45) is 0 Å². The molecule has 1 saturated heterocycles. The zero-order valence-corrected chi connectivity index (χ0v) is 34.8. The molecule has 0 aliphatic carbocycles. The Bertz CT molecular complexity index is 1140. The maximum absolute atomic E-state index is 12.9. The van der Waals surface area contributed by atoms with E-state index in [1.54, 1.807) is 6.08 Å². The number of allylic oxidation sites excluding steroid dienone is 13. The Balaban J connectivity index is 2.31. The maximum atomic E-state index is 12.9. The van der Waals surface area contributed by atoms with Crippen molar-refractivity contribution in [3.8, 4) is 0 Å². The van der Waals surface area contributed by atoms with Crippen molar-refractivity contribution in [1.29, 1.82) is 0 Å².